The molecule has 0 saturated heterocycles. The first kappa shape index (κ1) is 14.4. The molecule has 1 heterocycles. The van der Waals surface area contributed by atoms with Crippen LogP contribution < -0.4 is 15.8 Å². The van der Waals surface area contributed by atoms with Crippen LogP contribution in [0.4, 0.5) is 11.8 Å². The molecule has 0 saturated carbocycles. The molecule has 0 spiro atoms. The minimum absolute atomic E-state index is 0.0982. The molecular formula is C13H15ClN4O2. The van der Waals surface area contributed by atoms with Crippen molar-refractivity contribution in [3.8, 4) is 11.5 Å². The van der Waals surface area contributed by atoms with Gasteiger partial charge in [0.2, 0.25) is 5.95 Å². The van der Waals surface area contributed by atoms with Crippen LogP contribution in [0.3, 0.4) is 0 Å². The van der Waals surface area contributed by atoms with Gasteiger partial charge in [0.15, 0.2) is 11.6 Å². The van der Waals surface area contributed by atoms with E-state index in [1.54, 1.807) is 24.3 Å². The Labute approximate surface area is 121 Å². The molecule has 0 aliphatic carbocycles. The maximum Gasteiger partial charge on any atom is 0.222 e. The van der Waals surface area contributed by atoms with E-state index in [0.717, 1.165) is 0 Å². The summed E-state index contributed by atoms with van der Waals surface area (Å²) in [5, 5.41) is 12.5. The second-order valence-electron chi connectivity index (χ2n) is 4.00. The van der Waals surface area contributed by atoms with E-state index in [1.807, 2.05) is 0 Å². The summed E-state index contributed by atoms with van der Waals surface area (Å²) in [4.78, 5) is 7.99. The fraction of sp³-hybridized carbons (Fsp3) is 0.231. The van der Waals surface area contributed by atoms with Crippen LogP contribution in [0.2, 0.25) is 5.02 Å². The predicted octanol–water partition coefficient (Wildman–Crippen LogP) is 2.30. The Kier molecular flexibility index (Phi) is 4.97. The lowest BCUT2D eigenvalue weighted by Crippen LogP contribution is -2.08. The standard InChI is InChI=1S/C13H15ClN4O2/c14-9-2-4-10(5-3-9)20-11-8-17-13(15)18-12(11)16-6-1-7-19/h2-5,8,19H,1,6-7H2,(H3,15,16,17,18). The number of aliphatic hydroxyl groups is 1. The van der Waals surface area contributed by atoms with E-state index in [2.05, 4.69) is 15.3 Å². The van der Waals surface area contributed by atoms with Crippen LogP contribution in [0.15, 0.2) is 30.5 Å². The number of aliphatic hydroxyl groups excluding tert-OH is 1. The molecule has 2 aromatic rings. The number of ether oxygens (including phenoxy) is 1. The van der Waals surface area contributed by atoms with E-state index >= 15 is 0 Å². The fourth-order valence-corrected chi connectivity index (χ4v) is 1.63. The quantitative estimate of drug-likeness (QED) is 0.708. The molecule has 6 nitrogen and oxygen atoms in total. The highest BCUT2D eigenvalue weighted by molar-refractivity contribution is 6.30. The number of aromatic nitrogens is 2. The molecule has 0 aliphatic rings. The molecule has 4 N–H and O–H groups in total. The van der Waals surface area contributed by atoms with Crippen LogP contribution in [0, 0.1) is 0 Å². The fourth-order valence-electron chi connectivity index (χ4n) is 1.50. The molecular weight excluding hydrogens is 280 g/mol. The van der Waals surface area contributed by atoms with Gasteiger partial charge in [0.05, 0.1) is 6.20 Å². The van der Waals surface area contributed by atoms with Gasteiger partial charge in [-0.25, -0.2) is 4.98 Å². The molecule has 0 radical (unpaired) electrons. The van der Waals surface area contributed by atoms with Crippen molar-refractivity contribution in [3.05, 3.63) is 35.5 Å². The molecule has 0 amide bonds. The van der Waals surface area contributed by atoms with E-state index in [1.165, 1.54) is 6.20 Å². The highest BCUT2D eigenvalue weighted by Gasteiger charge is 2.08. The van der Waals surface area contributed by atoms with Crippen LogP contribution in [-0.2, 0) is 0 Å². The average molecular weight is 295 g/mol. The van der Waals surface area contributed by atoms with Gasteiger partial charge >= 0.3 is 0 Å². The lowest BCUT2D eigenvalue weighted by atomic mass is 10.3. The number of benzene rings is 1. The number of anilines is 2. The molecule has 0 aliphatic heterocycles. The molecule has 20 heavy (non-hydrogen) atoms. The molecule has 0 fully saturated rings. The maximum absolute atomic E-state index is 8.79. The highest BCUT2D eigenvalue weighted by Crippen LogP contribution is 2.28. The number of rotatable bonds is 6. The van der Waals surface area contributed by atoms with Crippen LogP contribution in [-0.4, -0.2) is 28.2 Å². The number of hydrogen-bond acceptors (Lipinski definition) is 6. The van der Waals surface area contributed by atoms with Crippen LogP contribution in [0.25, 0.3) is 0 Å². The number of nitrogens with zero attached hydrogens (tertiary/aromatic N) is 2. The summed E-state index contributed by atoms with van der Waals surface area (Å²) >= 11 is 5.82. The number of hydrogen-bond donors (Lipinski definition) is 3. The van der Waals surface area contributed by atoms with Crippen molar-refractivity contribution in [2.24, 2.45) is 0 Å². The molecule has 0 unspecified atom stereocenters. The summed E-state index contributed by atoms with van der Waals surface area (Å²) in [5.41, 5.74) is 5.56. The second-order valence-corrected chi connectivity index (χ2v) is 4.44. The summed E-state index contributed by atoms with van der Waals surface area (Å²) in [6.45, 7) is 0.658. The summed E-state index contributed by atoms with van der Waals surface area (Å²) in [7, 11) is 0. The van der Waals surface area contributed by atoms with Gasteiger partial charge in [-0.2, -0.15) is 4.98 Å². The predicted molar refractivity (Wildman–Crippen MR) is 78.2 cm³/mol. The Balaban J connectivity index is 2.15. The zero-order chi connectivity index (χ0) is 14.4. The summed E-state index contributed by atoms with van der Waals surface area (Å²) in [5.74, 6) is 1.72. The molecule has 2 rings (SSSR count). The van der Waals surface area contributed by atoms with E-state index in [-0.39, 0.29) is 12.6 Å². The zero-order valence-corrected chi connectivity index (χ0v) is 11.5. The van der Waals surface area contributed by atoms with Crippen molar-refractivity contribution in [2.75, 3.05) is 24.2 Å². The van der Waals surface area contributed by atoms with Crippen LogP contribution >= 0.6 is 11.6 Å². The SMILES string of the molecule is Nc1ncc(Oc2ccc(Cl)cc2)c(NCCCO)n1. The second kappa shape index (κ2) is 6.93. The molecule has 1 aromatic heterocycles. The normalized spacial score (nSPS) is 10.3. The van der Waals surface area contributed by atoms with Gasteiger partial charge < -0.3 is 20.9 Å². The van der Waals surface area contributed by atoms with Gasteiger partial charge in [0.1, 0.15) is 5.75 Å². The average Bonchev–Trinajstić information content (AvgIpc) is 2.44. The Morgan fingerprint density at radius 3 is 2.75 bits per heavy atom. The van der Waals surface area contributed by atoms with Gasteiger partial charge in [0.25, 0.3) is 0 Å². The minimum atomic E-state index is 0.0982. The highest BCUT2D eigenvalue weighted by atomic mass is 35.5. The third-order valence-corrected chi connectivity index (χ3v) is 2.69. The van der Waals surface area contributed by atoms with Crippen molar-refractivity contribution in [3.63, 3.8) is 0 Å². The third kappa shape index (κ3) is 3.97. The maximum atomic E-state index is 8.79. The lowest BCUT2D eigenvalue weighted by molar-refractivity contribution is 0.292. The number of nitrogen functional groups attached to an aromatic ring is 1. The van der Waals surface area contributed by atoms with E-state index in [0.29, 0.717) is 35.3 Å². The van der Waals surface area contributed by atoms with Gasteiger partial charge in [0, 0.05) is 18.2 Å². The van der Waals surface area contributed by atoms with Gasteiger partial charge in [-0.1, -0.05) is 11.6 Å². The molecule has 1 aromatic carbocycles. The number of halogens is 1. The Hall–Kier alpha value is -2.05. The van der Waals surface area contributed by atoms with Crippen molar-refractivity contribution in [1.82, 2.24) is 9.97 Å². The lowest BCUT2D eigenvalue weighted by Gasteiger charge is -2.11. The first-order valence-electron chi connectivity index (χ1n) is 6.09. The molecule has 7 heteroatoms. The van der Waals surface area contributed by atoms with Crippen molar-refractivity contribution in [2.45, 2.75) is 6.42 Å². The first-order chi connectivity index (χ1) is 9.69. The summed E-state index contributed by atoms with van der Waals surface area (Å²) < 4.78 is 5.69. The largest absolute Gasteiger partial charge is 0.452 e. The van der Waals surface area contributed by atoms with Gasteiger partial charge in [-0.05, 0) is 30.7 Å². The van der Waals surface area contributed by atoms with Gasteiger partial charge in [-0.3, -0.25) is 0 Å². The van der Waals surface area contributed by atoms with E-state index in [4.69, 9.17) is 27.2 Å². The zero-order valence-electron chi connectivity index (χ0n) is 10.7. The topological polar surface area (TPSA) is 93.3 Å². The Bertz CT molecular complexity index is 563. The molecule has 106 valence electrons. The van der Waals surface area contributed by atoms with E-state index in [9.17, 15) is 0 Å². The van der Waals surface area contributed by atoms with Crippen LogP contribution in [0.5, 0.6) is 11.5 Å². The monoisotopic (exact) mass is 294 g/mol. The van der Waals surface area contributed by atoms with Crippen molar-refractivity contribution >= 4 is 23.4 Å². The summed E-state index contributed by atoms with van der Waals surface area (Å²) in [6, 6.07) is 6.95. The number of nitrogens with one attached hydrogen (secondary N) is 1. The van der Waals surface area contributed by atoms with Gasteiger partial charge in [-0.15, -0.1) is 0 Å². The molecule has 0 bridgehead atoms. The van der Waals surface area contributed by atoms with E-state index < -0.39 is 0 Å². The third-order valence-electron chi connectivity index (χ3n) is 2.44. The Morgan fingerprint density at radius 2 is 2.05 bits per heavy atom. The smallest absolute Gasteiger partial charge is 0.222 e. The minimum Gasteiger partial charge on any atom is -0.452 e. The first-order valence-corrected chi connectivity index (χ1v) is 6.47. The van der Waals surface area contributed by atoms with Crippen molar-refractivity contribution < 1.29 is 9.84 Å². The molecule has 0 atom stereocenters. The van der Waals surface area contributed by atoms with Crippen molar-refractivity contribution in [1.29, 1.82) is 0 Å². The summed E-state index contributed by atoms with van der Waals surface area (Å²) in [6.07, 6.45) is 2.10. The number of nitrogens with two attached hydrogens (primary N) is 1. The van der Waals surface area contributed by atoms with Crippen LogP contribution in [0.1, 0.15) is 6.42 Å². The Morgan fingerprint density at radius 1 is 1.30 bits per heavy atom.